The molecule has 2 N–H and O–H groups in total. The van der Waals surface area contributed by atoms with E-state index in [0.717, 1.165) is 10.1 Å². The summed E-state index contributed by atoms with van der Waals surface area (Å²) in [5.74, 6) is -1.46. The van der Waals surface area contributed by atoms with Gasteiger partial charge in [-0.2, -0.15) is 0 Å². The van der Waals surface area contributed by atoms with Crippen LogP contribution < -0.4 is 10.9 Å². The van der Waals surface area contributed by atoms with E-state index in [-0.39, 0.29) is 23.9 Å². The summed E-state index contributed by atoms with van der Waals surface area (Å²) in [6, 6.07) is 10.1. The summed E-state index contributed by atoms with van der Waals surface area (Å²) in [6.45, 7) is 3.80. The number of carboxylic acid groups (broad SMARTS) is 1. The quantitative estimate of drug-likeness (QED) is 0.886. The zero-order valence-corrected chi connectivity index (χ0v) is 12.9. The van der Waals surface area contributed by atoms with Gasteiger partial charge in [-0.15, -0.1) is 0 Å². The Morgan fingerprint density at radius 1 is 1.17 bits per heavy atom. The minimum atomic E-state index is -1.31. The molecule has 0 spiro atoms. The first-order valence-corrected chi connectivity index (χ1v) is 7.21. The smallest absolute Gasteiger partial charge is 0.341 e. The summed E-state index contributed by atoms with van der Waals surface area (Å²) in [5, 5.41) is 11.7. The van der Waals surface area contributed by atoms with Gasteiger partial charge in [-0.05, 0) is 29.7 Å². The Morgan fingerprint density at radius 3 is 2.52 bits per heavy atom. The van der Waals surface area contributed by atoms with Crippen LogP contribution in [0.2, 0.25) is 0 Å². The molecule has 0 fully saturated rings. The van der Waals surface area contributed by atoms with Gasteiger partial charge in [0.25, 0.3) is 5.56 Å². The molecule has 0 saturated heterocycles. The molecule has 0 radical (unpaired) electrons. The molecular formula is C17H18N2O4. The summed E-state index contributed by atoms with van der Waals surface area (Å²) in [6.07, 6.45) is 1.39. The predicted molar refractivity (Wildman–Crippen MR) is 86.8 cm³/mol. The number of carboxylic acids is 1. The first-order chi connectivity index (χ1) is 10.9. The molecule has 0 aliphatic carbocycles. The number of amides is 1. The Morgan fingerprint density at radius 2 is 1.87 bits per heavy atom. The fourth-order valence-electron chi connectivity index (χ4n) is 2.28. The molecule has 1 heterocycles. The monoisotopic (exact) mass is 314 g/mol. The van der Waals surface area contributed by atoms with Crippen LogP contribution in [0.1, 0.15) is 35.7 Å². The van der Waals surface area contributed by atoms with Crippen LogP contribution in [0, 0.1) is 0 Å². The number of aromatic nitrogens is 1. The van der Waals surface area contributed by atoms with Gasteiger partial charge < -0.3 is 15.0 Å². The lowest BCUT2D eigenvalue weighted by molar-refractivity contribution is -0.116. The van der Waals surface area contributed by atoms with Crippen molar-refractivity contribution in [3.8, 4) is 0 Å². The number of rotatable bonds is 5. The summed E-state index contributed by atoms with van der Waals surface area (Å²) < 4.78 is 1.08. The predicted octanol–water partition coefficient (Wildman–Crippen LogP) is 2.31. The van der Waals surface area contributed by atoms with Crippen LogP contribution in [-0.4, -0.2) is 21.6 Å². The third-order valence-corrected chi connectivity index (χ3v) is 3.42. The lowest BCUT2D eigenvalue weighted by Crippen LogP contribution is -2.30. The zero-order valence-electron chi connectivity index (χ0n) is 12.9. The molecule has 1 aromatic heterocycles. The summed E-state index contributed by atoms with van der Waals surface area (Å²) in [7, 11) is 0. The number of pyridine rings is 1. The standard InChI is InChI=1S/C17H18N2O4/c1-11(2)12-6-3-4-8-14(12)18-15(20)10-19-9-5-7-13(16(19)21)17(22)23/h3-9,11H,10H2,1-2H3,(H,18,20)(H,22,23). The maximum absolute atomic E-state index is 12.2. The van der Waals surface area contributed by atoms with Crippen LogP contribution in [0.4, 0.5) is 5.69 Å². The molecular weight excluding hydrogens is 296 g/mol. The highest BCUT2D eigenvalue weighted by atomic mass is 16.4. The van der Waals surface area contributed by atoms with Gasteiger partial charge in [-0.1, -0.05) is 32.0 Å². The van der Waals surface area contributed by atoms with Crippen LogP contribution in [0.15, 0.2) is 47.4 Å². The van der Waals surface area contributed by atoms with Gasteiger partial charge >= 0.3 is 5.97 Å². The van der Waals surface area contributed by atoms with Gasteiger partial charge in [0, 0.05) is 11.9 Å². The minimum Gasteiger partial charge on any atom is -0.477 e. The zero-order chi connectivity index (χ0) is 17.0. The number of benzene rings is 1. The Hall–Kier alpha value is -2.89. The van der Waals surface area contributed by atoms with Crippen molar-refractivity contribution in [2.45, 2.75) is 26.3 Å². The molecule has 0 aliphatic rings. The van der Waals surface area contributed by atoms with E-state index in [4.69, 9.17) is 5.11 Å². The third kappa shape index (κ3) is 3.85. The van der Waals surface area contributed by atoms with Gasteiger partial charge in [0.1, 0.15) is 12.1 Å². The molecule has 2 rings (SSSR count). The molecule has 23 heavy (non-hydrogen) atoms. The molecule has 0 bridgehead atoms. The SMILES string of the molecule is CC(C)c1ccccc1NC(=O)Cn1cccc(C(=O)O)c1=O. The van der Waals surface area contributed by atoms with E-state index in [0.29, 0.717) is 5.69 Å². The van der Waals surface area contributed by atoms with Crippen LogP contribution in [-0.2, 0) is 11.3 Å². The lowest BCUT2D eigenvalue weighted by Gasteiger charge is -2.14. The van der Waals surface area contributed by atoms with Gasteiger partial charge in [-0.3, -0.25) is 9.59 Å². The highest BCUT2D eigenvalue weighted by Crippen LogP contribution is 2.23. The van der Waals surface area contributed by atoms with Gasteiger partial charge in [0.15, 0.2) is 0 Å². The maximum atomic E-state index is 12.2. The molecule has 1 amide bonds. The molecule has 0 saturated carbocycles. The molecule has 2 aromatic rings. The minimum absolute atomic E-state index is 0.240. The maximum Gasteiger partial charge on any atom is 0.341 e. The Kier molecular flexibility index (Phi) is 4.95. The van der Waals surface area contributed by atoms with E-state index in [1.54, 1.807) is 6.07 Å². The summed E-state index contributed by atoms with van der Waals surface area (Å²) >= 11 is 0. The summed E-state index contributed by atoms with van der Waals surface area (Å²) in [4.78, 5) is 35.1. The number of carbonyl (C=O) groups excluding carboxylic acids is 1. The number of hydrogen-bond donors (Lipinski definition) is 2. The molecule has 6 heteroatoms. The van der Waals surface area contributed by atoms with Gasteiger partial charge in [0.2, 0.25) is 5.91 Å². The van der Waals surface area contributed by atoms with E-state index in [2.05, 4.69) is 5.32 Å². The van der Waals surface area contributed by atoms with Gasteiger partial charge in [0.05, 0.1) is 0 Å². The van der Waals surface area contributed by atoms with Crippen molar-refractivity contribution in [2.24, 2.45) is 0 Å². The molecule has 1 aromatic carbocycles. The topological polar surface area (TPSA) is 88.4 Å². The van der Waals surface area contributed by atoms with Crippen molar-refractivity contribution in [3.05, 3.63) is 64.1 Å². The second-order valence-electron chi connectivity index (χ2n) is 5.45. The largest absolute Gasteiger partial charge is 0.477 e. The number of nitrogens with one attached hydrogen (secondary N) is 1. The fourth-order valence-corrected chi connectivity index (χ4v) is 2.28. The van der Waals surface area contributed by atoms with E-state index in [1.807, 2.05) is 32.0 Å². The first kappa shape index (κ1) is 16.5. The van der Waals surface area contributed by atoms with Crippen molar-refractivity contribution in [3.63, 3.8) is 0 Å². The van der Waals surface area contributed by atoms with E-state index < -0.39 is 11.5 Å². The first-order valence-electron chi connectivity index (χ1n) is 7.21. The Labute approximate surface area is 133 Å². The Balaban J connectivity index is 2.20. The van der Waals surface area contributed by atoms with Crippen molar-refractivity contribution in [2.75, 3.05) is 5.32 Å². The molecule has 120 valence electrons. The van der Waals surface area contributed by atoms with Crippen LogP contribution >= 0.6 is 0 Å². The van der Waals surface area contributed by atoms with Gasteiger partial charge in [-0.25, -0.2) is 4.79 Å². The average Bonchev–Trinajstić information content (AvgIpc) is 2.49. The van der Waals surface area contributed by atoms with Crippen molar-refractivity contribution in [1.82, 2.24) is 4.57 Å². The summed E-state index contributed by atoms with van der Waals surface area (Å²) in [5.41, 5.74) is 0.623. The molecule has 6 nitrogen and oxygen atoms in total. The normalized spacial score (nSPS) is 10.6. The second kappa shape index (κ2) is 6.91. The van der Waals surface area contributed by atoms with Crippen LogP contribution in [0.5, 0.6) is 0 Å². The van der Waals surface area contributed by atoms with Crippen molar-refractivity contribution in [1.29, 1.82) is 0 Å². The number of anilines is 1. The average molecular weight is 314 g/mol. The second-order valence-corrected chi connectivity index (χ2v) is 5.45. The van der Waals surface area contributed by atoms with Crippen molar-refractivity contribution < 1.29 is 14.7 Å². The van der Waals surface area contributed by atoms with E-state index >= 15 is 0 Å². The fraction of sp³-hybridized carbons (Fsp3) is 0.235. The number of nitrogens with zero attached hydrogens (tertiary/aromatic N) is 1. The van der Waals surface area contributed by atoms with Crippen molar-refractivity contribution >= 4 is 17.6 Å². The molecule has 0 unspecified atom stereocenters. The number of carbonyl (C=O) groups is 2. The van der Waals surface area contributed by atoms with E-state index in [9.17, 15) is 14.4 Å². The number of aromatic carboxylic acids is 1. The number of hydrogen-bond acceptors (Lipinski definition) is 3. The molecule has 0 aliphatic heterocycles. The van der Waals surface area contributed by atoms with E-state index in [1.165, 1.54) is 18.3 Å². The Bertz CT molecular complexity index is 793. The van der Waals surface area contributed by atoms with Crippen LogP contribution in [0.25, 0.3) is 0 Å². The number of para-hydroxylation sites is 1. The lowest BCUT2D eigenvalue weighted by atomic mass is 10.0. The highest BCUT2D eigenvalue weighted by Gasteiger charge is 2.13. The third-order valence-electron chi connectivity index (χ3n) is 3.42. The molecule has 0 atom stereocenters. The van der Waals surface area contributed by atoms with Crippen LogP contribution in [0.3, 0.4) is 0 Å². The highest BCUT2D eigenvalue weighted by molar-refractivity contribution is 5.91.